The molecule has 18 heavy (non-hydrogen) atoms. The van der Waals surface area contributed by atoms with Crippen molar-refractivity contribution in [2.75, 3.05) is 13.1 Å². The van der Waals surface area contributed by atoms with Crippen LogP contribution in [0.5, 0.6) is 0 Å². The summed E-state index contributed by atoms with van der Waals surface area (Å²) in [5, 5.41) is 0. The lowest BCUT2D eigenvalue weighted by molar-refractivity contribution is 0.195. The fraction of sp³-hybridized carbons (Fsp3) is 0.600. The van der Waals surface area contributed by atoms with E-state index in [1.165, 1.54) is 25.0 Å². The van der Waals surface area contributed by atoms with E-state index in [1.54, 1.807) is 12.1 Å². The summed E-state index contributed by atoms with van der Waals surface area (Å²) in [5.41, 5.74) is 7.24. The third-order valence-corrected chi connectivity index (χ3v) is 3.91. The van der Waals surface area contributed by atoms with Crippen LogP contribution in [-0.4, -0.2) is 24.0 Å². The molecule has 0 saturated carbocycles. The summed E-state index contributed by atoms with van der Waals surface area (Å²) in [5.74, 6) is 0.472. The Bertz CT molecular complexity index is 375. The molecule has 0 aliphatic carbocycles. The zero-order chi connectivity index (χ0) is 13.1. The Morgan fingerprint density at radius 1 is 1.33 bits per heavy atom. The number of hydrogen-bond donors (Lipinski definition) is 1. The fourth-order valence-electron chi connectivity index (χ4n) is 2.90. The average molecular weight is 250 g/mol. The van der Waals surface area contributed by atoms with Crippen molar-refractivity contribution in [1.82, 2.24) is 4.90 Å². The summed E-state index contributed by atoms with van der Waals surface area (Å²) in [6.45, 7) is 6.55. The third-order valence-electron chi connectivity index (χ3n) is 3.91. The molecule has 2 unspecified atom stereocenters. The van der Waals surface area contributed by atoms with Gasteiger partial charge < -0.3 is 5.73 Å². The van der Waals surface area contributed by atoms with Crippen LogP contribution in [0.2, 0.25) is 0 Å². The molecule has 0 spiro atoms. The summed E-state index contributed by atoms with van der Waals surface area (Å²) >= 11 is 0. The molecule has 2 N–H and O–H groups in total. The van der Waals surface area contributed by atoms with Crippen molar-refractivity contribution in [2.45, 2.75) is 38.8 Å². The van der Waals surface area contributed by atoms with Gasteiger partial charge in [0.25, 0.3) is 0 Å². The van der Waals surface area contributed by atoms with E-state index in [2.05, 4.69) is 18.7 Å². The van der Waals surface area contributed by atoms with Gasteiger partial charge in [0.05, 0.1) is 0 Å². The van der Waals surface area contributed by atoms with Crippen LogP contribution in [0.25, 0.3) is 0 Å². The maximum Gasteiger partial charge on any atom is 0.123 e. The highest BCUT2D eigenvalue weighted by molar-refractivity contribution is 5.20. The van der Waals surface area contributed by atoms with Gasteiger partial charge in [-0.3, -0.25) is 4.90 Å². The molecule has 1 aliphatic heterocycles. The first-order valence-corrected chi connectivity index (χ1v) is 6.83. The molecule has 2 rings (SSSR count). The molecule has 1 aliphatic rings. The fourth-order valence-corrected chi connectivity index (χ4v) is 2.90. The Morgan fingerprint density at radius 3 is 2.61 bits per heavy atom. The molecular formula is C15H23FN2. The maximum atomic E-state index is 12.9. The molecule has 2 atom stereocenters. The summed E-state index contributed by atoms with van der Waals surface area (Å²) in [6.07, 6.45) is 2.53. The van der Waals surface area contributed by atoms with Crippen molar-refractivity contribution in [3.8, 4) is 0 Å². The molecule has 1 saturated heterocycles. The lowest BCUT2D eigenvalue weighted by atomic mass is 10.0. The van der Waals surface area contributed by atoms with Crippen molar-refractivity contribution in [1.29, 1.82) is 0 Å². The SMILES string of the molecule is CC(C)C1CCCN1CC(N)c1ccc(F)cc1. The predicted octanol–water partition coefficient (Wildman–Crippen LogP) is 2.95. The van der Waals surface area contributed by atoms with Gasteiger partial charge in [0.2, 0.25) is 0 Å². The van der Waals surface area contributed by atoms with Gasteiger partial charge >= 0.3 is 0 Å². The molecule has 1 aromatic rings. The van der Waals surface area contributed by atoms with Crippen LogP contribution in [-0.2, 0) is 0 Å². The Hall–Kier alpha value is -0.930. The molecule has 1 heterocycles. The Kier molecular flexibility index (Phi) is 4.36. The van der Waals surface area contributed by atoms with Gasteiger partial charge in [-0.2, -0.15) is 0 Å². The predicted molar refractivity (Wildman–Crippen MR) is 72.8 cm³/mol. The summed E-state index contributed by atoms with van der Waals surface area (Å²) in [4.78, 5) is 2.48. The van der Waals surface area contributed by atoms with E-state index in [0.29, 0.717) is 12.0 Å². The second-order valence-electron chi connectivity index (χ2n) is 5.61. The van der Waals surface area contributed by atoms with Crippen LogP contribution >= 0.6 is 0 Å². The van der Waals surface area contributed by atoms with Crippen LogP contribution in [0.3, 0.4) is 0 Å². The molecule has 0 amide bonds. The first-order valence-electron chi connectivity index (χ1n) is 6.83. The number of benzene rings is 1. The highest BCUT2D eigenvalue weighted by Gasteiger charge is 2.28. The van der Waals surface area contributed by atoms with E-state index in [4.69, 9.17) is 5.73 Å². The van der Waals surface area contributed by atoms with E-state index in [-0.39, 0.29) is 11.9 Å². The van der Waals surface area contributed by atoms with E-state index < -0.39 is 0 Å². The van der Waals surface area contributed by atoms with Crippen LogP contribution in [0, 0.1) is 11.7 Å². The van der Waals surface area contributed by atoms with Gasteiger partial charge in [-0.25, -0.2) is 4.39 Å². The molecule has 0 aromatic heterocycles. The van der Waals surface area contributed by atoms with Crippen molar-refractivity contribution in [2.24, 2.45) is 11.7 Å². The van der Waals surface area contributed by atoms with Crippen LogP contribution in [0.15, 0.2) is 24.3 Å². The molecule has 1 fully saturated rings. The van der Waals surface area contributed by atoms with Crippen LogP contribution in [0.4, 0.5) is 4.39 Å². The van der Waals surface area contributed by atoms with E-state index >= 15 is 0 Å². The second kappa shape index (κ2) is 5.81. The number of hydrogen-bond acceptors (Lipinski definition) is 2. The quantitative estimate of drug-likeness (QED) is 0.890. The topological polar surface area (TPSA) is 29.3 Å². The highest BCUT2D eigenvalue weighted by Crippen LogP contribution is 2.25. The Labute approximate surface area is 109 Å². The Balaban J connectivity index is 1.98. The van der Waals surface area contributed by atoms with Gasteiger partial charge in [0.15, 0.2) is 0 Å². The van der Waals surface area contributed by atoms with Crippen LogP contribution < -0.4 is 5.73 Å². The number of halogens is 1. The van der Waals surface area contributed by atoms with Gasteiger partial charge in [-0.15, -0.1) is 0 Å². The van der Waals surface area contributed by atoms with Gasteiger partial charge in [-0.05, 0) is 43.0 Å². The van der Waals surface area contributed by atoms with E-state index in [9.17, 15) is 4.39 Å². The minimum absolute atomic E-state index is 0.0232. The Morgan fingerprint density at radius 2 is 2.00 bits per heavy atom. The first kappa shape index (κ1) is 13.5. The monoisotopic (exact) mass is 250 g/mol. The zero-order valence-corrected chi connectivity index (χ0v) is 11.3. The van der Waals surface area contributed by atoms with Gasteiger partial charge in [-0.1, -0.05) is 26.0 Å². The van der Waals surface area contributed by atoms with Gasteiger partial charge in [0.1, 0.15) is 5.82 Å². The molecule has 100 valence electrons. The molecule has 0 radical (unpaired) electrons. The lowest BCUT2D eigenvalue weighted by Crippen LogP contribution is -2.38. The molecular weight excluding hydrogens is 227 g/mol. The number of nitrogens with zero attached hydrogens (tertiary/aromatic N) is 1. The molecule has 0 bridgehead atoms. The number of rotatable bonds is 4. The number of nitrogens with two attached hydrogens (primary N) is 1. The highest BCUT2D eigenvalue weighted by atomic mass is 19.1. The molecule has 3 heteroatoms. The summed E-state index contributed by atoms with van der Waals surface area (Å²) in [7, 11) is 0. The molecule has 2 nitrogen and oxygen atoms in total. The van der Waals surface area contributed by atoms with Gasteiger partial charge in [0, 0.05) is 18.6 Å². The smallest absolute Gasteiger partial charge is 0.123 e. The normalized spacial score (nSPS) is 22.6. The van der Waals surface area contributed by atoms with E-state index in [0.717, 1.165) is 18.7 Å². The standard InChI is InChI=1S/C15H23FN2/c1-11(2)15-4-3-9-18(15)10-14(17)12-5-7-13(16)8-6-12/h5-8,11,14-15H,3-4,9-10,17H2,1-2H3. The minimum Gasteiger partial charge on any atom is -0.323 e. The van der Waals surface area contributed by atoms with Crippen molar-refractivity contribution in [3.05, 3.63) is 35.6 Å². The number of likely N-dealkylation sites (tertiary alicyclic amines) is 1. The van der Waals surface area contributed by atoms with Crippen LogP contribution in [0.1, 0.15) is 38.3 Å². The summed E-state index contributed by atoms with van der Waals surface area (Å²) < 4.78 is 12.9. The lowest BCUT2D eigenvalue weighted by Gasteiger charge is -2.30. The van der Waals surface area contributed by atoms with Crippen molar-refractivity contribution in [3.63, 3.8) is 0 Å². The minimum atomic E-state index is -0.202. The third kappa shape index (κ3) is 3.09. The zero-order valence-electron chi connectivity index (χ0n) is 11.3. The van der Waals surface area contributed by atoms with E-state index in [1.807, 2.05) is 0 Å². The maximum absolute atomic E-state index is 12.9. The van der Waals surface area contributed by atoms with Crippen molar-refractivity contribution < 1.29 is 4.39 Å². The molecule has 1 aromatic carbocycles. The average Bonchev–Trinajstić information content (AvgIpc) is 2.78. The summed E-state index contributed by atoms with van der Waals surface area (Å²) in [6, 6.07) is 7.18. The largest absolute Gasteiger partial charge is 0.323 e. The first-order chi connectivity index (χ1) is 8.58. The van der Waals surface area contributed by atoms with Crippen molar-refractivity contribution >= 4 is 0 Å². The second-order valence-corrected chi connectivity index (χ2v) is 5.61.